The third-order valence-electron chi connectivity index (χ3n) is 3.10. The molecule has 0 fully saturated rings. The van der Waals surface area contributed by atoms with Crippen LogP contribution in [-0.4, -0.2) is 17.1 Å². The van der Waals surface area contributed by atoms with Gasteiger partial charge in [-0.25, -0.2) is 0 Å². The monoisotopic (exact) mass is 289 g/mol. The minimum atomic E-state index is 0.135. The van der Waals surface area contributed by atoms with Crippen molar-refractivity contribution in [2.24, 2.45) is 10.9 Å². The molecule has 1 unspecified atom stereocenters. The Balaban J connectivity index is 1.84. The lowest BCUT2D eigenvalue weighted by atomic mass is 10.1. The first-order valence-corrected chi connectivity index (χ1v) is 7.39. The molecule has 0 aliphatic heterocycles. The molecule has 20 heavy (non-hydrogen) atoms. The highest BCUT2D eigenvalue weighted by Gasteiger charge is 2.04. The van der Waals surface area contributed by atoms with Gasteiger partial charge in [-0.05, 0) is 30.4 Å². The molecule has 1 aromatic heterocycles. The predicted molar refractivity (Wildman–Crippen MR) is 83.3 cm³/mol. The van der Waals surface area contributed by atoms with Crippen molar-refractivity contribution in [3.8, 4) is 0 Å². The first-order valence-electron chi connectivity index (χ1n) is 6.51. The standard InChI is InChI=1S/C15H19N3OS/c1-11(9-14-3-2-8-20-14)17-10-12-4-6-13(7-5-12)15(16)18-19/h2-8,11,17,19H,9-10H2,1H3,(H2,16,18). The third-order valence-corrected chi connectivity index (χ3v) is 4.00. The molecule has 0 saturated heterocycles. The van der Waals surface area contributed by atoms with E-state index in [1.807, 2.05) is 24.3 Å². The lowest BCUT2D eigenvalue weighted by Gasteiger charge is -2.13. The van der Waals surface area contributed by atoms with Crippen molar-refractivity contribution < 1.29 is 5.21 Å². The molecule has 0 bridgehead atoms. The lowest BCUT2D eigenvalue weighted by molar-refractivity contribution is 0.318. The fraction of sp³-hybridized carbons (Fsp3) is 0.267. The molecule has 0 amide bonds. The van der Waals surface area contributed by atoms with Crippen molar-refractivity contribution in [3.05, 3.63) is 57.8 Å². The number of hydrogen-bond donors (Lipinski definition) is 3. The largest absolute Gasteiger partial charge is 0.409 e. The average Bonchev–Trinajstić information content (AvgIpc) is 2.97. The van der Waals surface area contributed by atoms with Crippen LogP contribution in [0.2, 0.25) is 0 Å². The summed E-state index contributed by atoms with van der Waals surface area (Å²) in [7, 11) is 0. The predicted octanol–water partition coefficient (Wildman–Crippen LogP) is 2.56. The van der Waals surface area contributed by atoms with Gasteiger partial charge in [-0.15, -0.1) is 11.3 Å². The fourth-order valence-corrected chi connectivity index (χ4v) is 2.78. The summed E-state index contributed by atoms with van der Waals surface area (Å²) in [4.78, 5) is 1.40. The summed E-state index contributed by atoms with van der Waals surface area (Å²) >= 11 is 1.79. The molecule has 0 saturated carbocycles. The lowest BCUT2D eigenvalue weighted by Crippen LogP contribution is -2.27. The maximum atomic E-state index is 8.61. The van der Waals surface area contributed by atoms with Crippen LogP contribution in [0.3, 0.4) is 0 Å². The van der Waals surface area contributed by atoms with Crippen LogP contribution in [0.5, 0.6) is 0 Å². The highest BCUT2D eigenvalue weighted by Crippen LogP contribution is 2.11. The Labute approximate surface area is 122 Å². The molecular weight excluding hydrogens is 270 g/mol. The molecular formula is C15H19N3OS. The van der Waals surface area contributed by atoms with Gasteiger partial charge in [-0.2, -0.15) is 0 Å². The molecule has 5 heteroatoms. The van der Waals surface area contributed by atoms with Gasteiger partial charge in [-0.3, -0.25) is 0 Å². The van der Waals surface area contributed by atoms with Gasteiger partial charge in [0.15, 0.2) is 5.84 Å². The zero-order valence-electron chi connectivity index (χ0n) is 11.4. The smallest absolute Gasteiger partial charge is 0.170 e. The molecule has 0 spiro atoms. The van der Waals surface area contributed by atoms with Crippen LogP contribution in [0.15, 0.2) is 46.9 Å². The number of nitrogens with two attached hydrogens (primary N) is 1. The second kappa shape index (κ2) is 7.07. The Morgan fingerprint density at radius 3 is 2.70 bits per heavy atom. The Kier molecular flexibility index (Phi) is 5.15. The molecule has 4 N–H and O–H groups in total. The minimum absolute atomic E-state index is 0.135. The quantitative estimate of drug-likeness (QED) is 0.331. The van der Waals surface area contributed by atoms with Gasteiger partial charge in [0.25, 0.3) is 0 Å². The van der Waals surface area contributed by atoms with Crippen LogP contribution in [0.4, 0.5) is 0 Å². The van der Waals surface area contributed by atoms with E-state index in [9.17, 15) is 0 Å². The Bertz CT molecular complexity index is 549. The van der Waals surface area contributed by atoms with E-state index in [2.05, 4.69) is 34.9 Å². The minimum Gasteiger partial charge on any atom is -0.409 e. The highest BCUT2D eigenvalue weighted by molar-refractivity contribution is 7.09. The van der Waals surface area contributed by atoms with Crippen LogP contribution in [0.25, 0.3) is 0 Å². The van der Waals surface area contributed by atoms with E-state index in [4.69, 9.17) is 10.9 Å². The van der Waals surface area contributed by atoms with E-state index in [-0.39, 0.29) is 5.84 Å². The Morgan fingerprint density at radius 2 is 2.10 bits per heavy atom. The van der Waals surface area contributed by atoms with Crippen molar-refractivity contribution in [1.82, 2.24) is 5.32 Å². The molecule has 2 aromatic rings. The van der Waals surface area contributed by atoms with Gasteiger partial charge in [0, 0.05) is 23.0 Å². The number of rotatable bonds is 6. The van der Waals surface area contributed by atoms with Crippen molar-refractivity contribution in [2.45, 2.75) is 25.9 Å². The van der Waals surface area contributed by atoms with E-state index >= 15 is 0 Å². The SMILES string of the molecule is CC(Cc1cccs1)NCc1ccc(C(N)=NO)cc1. The van der Waals surface area contributed by atoms with E-state index in [1.165, 1.54) is 10.4 Å². The first-order chi connectivity index (χ1) is 9.69. The summed E-state index contributed by atoms with van der Waals surface area (Å²) in [5, 5.41) is 17.2. The highest BCUT2D eigenvalue weighted by atomic mass is 32.1. The summed E-state index contributed by atoms with van der Waals surface area (Å²) in [5.74, 6) is 0.135. The number of thiophene rings is 1. The Hall–Kier alpha value is -1.85. The first kappa shape index (κ1) is 14.6. The van der Waals surface area contributed by atoms with Crippen molar-refractivity contribution in [1.29, 1.82) is 0 Å². The summed E-state index contributed by atoms with van der Waals surface area (Å²) < 4.78 is 0. The normalized spacial score (nSPS) is 13.3. The summed E-state index contributed by atoms with van der Waals surface area (Å²) in [6.45, 7) is 2.99. The maximum absolute atomic E-state index is 8.61. The summed E-state index contributed by atoms with van der Waals surface area (Å²) in [6.07, 6.45) is 1.04. The summed E-state index contributed by atoms with van der Waals surface area (Å²) in [5.41, 5.74) is 7.43. The van der Waals surface area contributed by atoms with Gasteiger partial charge in [-0.1, -0.05) is 35.5 Å². The van der Waals surface area contributed by atoms with Gasteiger partial charge in [0.1, 0.15) is 0 Å². The van der Waals surface area contributed by atoms with Crippen molar-refractivity contribution in [2.75, 3.05) is 0 Å². The van der Waals surface area contributed by atoms with Crippen molar-refractivity contribution >= 4 is 17.2 Å². The molecule has 0 radical (unpaired) electrons. The van der Waals surface area contributed by atoms with Crippen LogP contribution in [0.1, 0.15) is 22.9 Å². The van der Waals surface area contributed by atoms with E-state index < -0.39 is 0 Å². The van der Waals surface area contributed by atoms with Gasteiger partial charge in [0.05, 0.1) is 0 Å². The molecule has 106 valence electrons. The number of hydrogen-bond acceptors (Lipinski definition) is 4. The Morgan fingerprint density at radius 1 is 1.35 bits per heavy atom. The molecule has 0 aliphatic rings. The zero-order valence-corrected chi connectivity index (χ0v) is 12.2. The van der Waals surface area contributed by atoms with Crippen LogP contribution < -0.4 is 11.1 Å². The van der Waals surface area contributed by atoms with E-state index in [1.54, 1.807) is 11.3 Å². The molecule has 1 heterocycles. The summed E-state index contributed by atoms with van der Waals surface area (Å²) in [6, 6.07) is 12.4. The zero-order chi connectivity index (χ0) is 14.4. The molecule has 2 rings (SSSR count). The van der Waals surface area contributed by atoms with Crippen LogP contribution in [0, 0.1) is 0 Å². The average molecular weight is 289 g/mol. The fourth-order valence-electron chi connectivity index (χ4n) is 1.95. The third kappa shape index (κ3) is 4.08. The van der Waals surface area contributed by atoms with Gasteiger partial charge >= 0.3 is 0 Å². The van der Waals surface area contributed by atoms with Gasteiger partial charge < -0.3 is 16.3 Å². The maximum Gasteiger partial charge on any atom is 0.170 e. The molecule has 4 nitrogen and oxygen atoms in total. The number of nitrogens with one attached hydrogen (secondary N) is 1. The van der Waals surface area contributed by atoms with Crippen LogP contribution >= 0.6 is 11.3 Å². The second-order valence-electron chi connectivity index (χ2n) is 4.75. The number of nitrogens with zero attached hydrogens (tertiary/aromatic N) is 1. The number of benzene rings is 1. The molecule has 1 aromatic carbocycles. The van der Waals surface area contributed by atoms with Gasteiger partial charge in [0.2, 0.25) is 0 Å². The topological polar surface area (TPSA) is 70.6 Å². The number of oxime groups is 1. The molecule has 0 aliphatic carbocycles. The van der Waals surface area contributed by atoms with E-state index in [0.29, 0.717) is 6.04 Å². The number of amidine groups is 1. The van der Waals surface area contributed by atoms with Crippen molar-refractivity contribution in [3.63, 3.8) is 0 Å². The molecule has 1 atom stereocenters. The van der Waals surface area contributed by atoms with Crippen LogP contribution in [-0.2, 0) is 13.0 Å². The van der Waals surface area contributed by atoms with E-state index in [0.717, 1.165) is 18.5 Å². The second-order valence-corrected chi connectivity index (χ2v) is 5.78.